The lowest BCUT2D eigenvalue weighted by Gasteiger charge is -2.27. The first-order valence-corrected chi connectivity index (χ1v) is 9.98. The molecule has 162 valence electrons. The van der Waals surface area contributed by atoms with E-state index in [4.69, 9.17) is 22.4 Å². The predicted octanol–water partition coefficient (Wildman–Crippen LogP) is 1.66. The zero-order valence-electron chi connectivity index (χ0n) is 18.3. The molecule has 13 heteroatoms. The average molecular weight is 449 g/mol. The Labute approximate surface area is 171 Å². The third-order valence-electron chi connectivity index (χ3n) is 4.29. The maximum absolute atomic E-state index is 15.6. The summed E-state index contributed by atoms with van der Waals surface area (Å²) in [6, 6.07) is 3.10. The zero-order chi connectivity index (χ0) is 24.4. The normalized spacial score (nSPS) is 35.1. The second-order valence-corrected chi connectivity index (χ2v) is 8.11. The summed E-state index contributed by atoms with van der Waals surface area (Å²) in [7, 11) is -4.81. The largest absolute Gasteiger partial charge is 0.530 e. The molecule has 3 heterocycles. The zero-order valence-corrected chi connectivity index (χ0v) is 16.2. The van der Waals surface area contributed by atoms with Crippen LogP contribution in [0, 0.1) is 12.7 Å². The summed E-state index contributed by atoms with van der Waals surface area (Å²) in [6.45, 7) is -2.86. The number of nitrogens with one attached hydrogen (secondary N) is 1. The predicted molar refractivity (Wildman–Crippen MR) is 96.0 cm³/mol. The van der Waals surface area contributed by atoms with E-state index >= 15 is 4.39 Å². The fourth-order valence-corrected chi connectivity index (χ4v) is 3.94. The van der Waals surface area contributed by atoms with Gasteiger partial charge in [-0.1, -0.05) is 0 Å². The molecule has 4 rings (SSSR count). The second-order valence-electron chi connectivity index (χ2n) is 6.59. The number of aliphatic hydroxyl groups excluding tert-OH is 1. The summed E-state index contributed by atoms with van der Waals surface area (Å²) in [5.74, 6) is -4.40. The van der Waals surface area contributed by atoms with E-state index in [0.29, 0.717) is 4.57 Å². The first-order valence-electron chi connectivity index (χ1n) is 10.0. The fraction of sp³-hybridized carbons (Fsp3) is 0.412. The smallest absolute Gasteiger partial charge is 0.404 e. The third kappa shape index (κ3) is 3.96. The number of aromatic amines is 1. The van der Waals surface area contributed by atoms with Crippen molar-refractivity contribution in [2.75, 3.05) is 6.56 Å². The number of aryl methyl sites for hydroxylation is 1. The molecule has 1 aromatic heterocycles. The molecule has 1 fully saturated rings. The first kappa shape index (κ1) is 17.3. The average Bonchev–Trinajstić information content (AvgIpc) is 2.95. The van der Waals surface area contributed by atoms with Crippen LogP contribution in [0.1, 0.15) is 27.9 Å². The Hall–Kier alpha value is -2.37. The number of H-pyrrole nitrogens is 1. The van der Waals surface area contributed by atoms with Gasteiger partial charge in [0.15, 0.2) is 6.20 Å². The SMILES string of the molecule is [2H]C([2H])(OP1(=O)OCc2cc(F)ccc2O1)[C@]1(F)C[C@@H](O)[C@]([2H])(n2cc(C)c(=O)[nH]c2=O)O1. The molecule has 0 radical (unpaired) electrons. The Kier molecular flexibility index (Phi) is 4.27. The molecular formula is C17H17F2N2O8P. The van der Waals surface area contributed by atoms with Crippen molar-refractivity contribution in [3.63, 3.8) is 0 Å². The van der Waals surface area contributed by atoms with Crippen molar-refractivity contribution in [2.45, 2.75) is 38.1 Å². The summed E-state index contributed by atoms with van der Waals surface area (Å²) >= 11 is 0. The topological polar surface area (TPSA) is 129 Å². The molecule has 2 aliphatic rings. The maximum atomic E-state index is 15.6. The molecule has 2 aliphatic heterocycles. The molecule has 30 heavy (non-hydrogen) atoms. The molecule has 1 aromatic carbocycles. The van der Waals surface area contributed by atoms with E-state index in [1.165, 1.54) is 6.92 Å². The number of nitrogens with zero attached hydrogens (tertiary/aromatic N) is 1. The molecule has 10 nitrogen and oxygen atoms in total. The van der Waals surface area contributed by atoms with Crippen molar-refractivity contribution >= 4 is 7.82 Å². The van der Waals surface area contributed by atoms with Gasteiger partial charge in [-0.3, -0.25) is 23.4 Å². The standard InChI is InChI=1S/C17H17F2N2O8P/c1-9-6-21(16(24)20-14(9)23)15-12(22)5-17(19,28-15)8-27-30(25)26-7-10-4-11(18)2-3-13(10)29-30/h2-4,6,12,15,22H,5,7-8H2,1H3,(H,20,23,24)/t12-,15-,17+,30?/m1/s1/i8D2,15D. The van der Waals surface area contributed by atoms with Crippen molar-refractivity contribution in [3.8, 4) is 5.75 Å². The lowest BCUT2D eigenvalue weighted by molar-refractivity contribution is -0.179. The van der Waals surface area contributed by atoms with E-state index in [-0.39, 0.29) is 16.9 Å². The minimum absolute atomic E-state index is 0.0730. The summed E-state index contributed by atoms with van der Waals surface area (Å²) in [4.78, 5) is 25.6. The quantitative estimate of drug-likeness (QED) is 0.675. The van der Waals surface area contributed by atoms with Crippen LogP contribution in [0.15, 0.2) is 34.0 Å². The Morgan fingerprint density at radius 2 is 2.30 bits per heavy atom. The van der Waals surface area contributed by atoms with Gasteiger partial charge >= 0.3 is 13.5 Å². The van der Waals surface area contributed by atoms with Gasteiger partial charge in [-0.15, -0.1) is 0 Å². The first-order chi connectivity index (χ1) is 15.2. The van der Waals surface area contributed by atoms with Gasteiger partial charge in [0, 0.05) is 23.7 Å². The highest BCUT2D eigenvalue weighted by Crippen LogP contribution is 2.55. The number of fused-ring (bicyclic) bond motifs is 1. The van der Waals surface area contributed by atoms with Gasteiger partial charge in [-0.05, 0) is 25.1 Å². The Morgan fingerprint density at radius 1 is 1.53 bits per heavy atom. The lowest BCUT2D eigenvalue weighted by atomic mass is 10.2. The molecule has 0 saturated carbocycles. The molecule has 0 spiro atoms. The number of hydrogen-bond acceptors (Lipinski definition) is 8. The van der Waals surface area contributed by atoms with Crippen LogP contribution in [0.5, 0.6) is 5.75 Å². The van der Waals surface area contributed by atoms with E-state index in [1.807, 2.05) is 4.98 Å². The molecule has 0 bridgehead atoms. The van der Waals surface area contributed by atoms with E-state index in [9.17, 15) is 23.7 Å². The molecule has 2 N–H and O–H groups in total. The third-order valence-corrected chi connectivity index (χ3v) is 5.47. The number of ether oxygens (including phenoxy) is 1. The Bertz CT molecular complexity index is 1290. The van der Waals surface area contributed by atoms with Crippen molar-refractivity contribution < 1.29 is 40.9 Å². The van der Waals surface area contributed by atoms with Gasteiger partial charge in [0.05, 0.1) is 10.7 Å². The number of aliphatic hydroxyl groups is 1. The van der Waals surface area contributed by atoms with Crippen molar-refractivity contribution in [1.29, 1.82) is 0 Å². The Balaban J connectivity index is 1.63. The van der Waals surface area contributed by atoms with E-state index < -0.39 is 62.6 Å². The van der Waals surface area contributed by atoms with E-state index in [1.54, 1.807) is 0 Å². The summed E-state index contributed by atoms with van der Waals surface area (Å²) in [6.07, 6.45) is -5.42. The van der Waals surface area contributed by atoms with Crippen molar-refractivity contribution in [2.24, 2.45) is 0 Å². The summed E-state index contributed by atoms with van der Waals surface area (Å²) in [5, 5.41) is 10.3. The minimum atomic E-state index is -4.81. The second kappa shape index (κ2) is 7.40. The molecule has 1 unspecified atom stereocenters. The number of aromatic nitrogens is 2. The molecule has 1 saturated heterocycles. The van der Waals surface area contributed by atoms with Crippen LogP contribution in [0.25, 0.3) is 0 Å². The van der Waals surface area contributed by atoms with E-state index in [0.717, 1.165) is 24.4 Å². The van der Waals surface area contributed by atoms with Crippen LogP contribution in [0.2, 0.25) is 0 Å². The number of rotatable bonds is 4. The van der Waals surface area contributed by atoms with Gasteiger partial charge in [0.2, 0.25) is 5.85 Å². The number of phosphoric ester groups is 1. The fourth-order valence-electron chi connectivity index (χ4n) is 2.83. The molecule has 4 atom stereocenters. The number of benzene rings is 1. The molecule has 2 aromatic rings. The van der Waals surface area contributed by atoms with Crippen LogP contribution in [0.4, 0.5) is 8.78 Å². The van der Waals surface area contributed by atoms with Gasteiger partial charge < -0.3 is 14.4 Å². The number of alkyl halides is 1. The van der Waals surface area contributed by atoms with Crippen LogP contribution >= 0.6 is 7.82 Å². The van der Waals surface area contributed by atoms with Crippen LogP contribution < -0.4 is 15.8 Å². The van der Waals surface area contributed by atoms with Crippen LogP contribution in [-0.4, -0.2) is 33.2 Å². The number of halogens is 2. The van der Waals surface area contributed by atoms with Gasteiger partial charge in [0.1, 0.15) is 24.2 Å². The van der Waals surface area contributed by atoms with E-state index in [2.05, 4.69) is 0 Å². The van der Waals surface area contributed by atoms with Gasteiger partial charge in [-0.25, -0.2) is 18.1 Å². The van der Waals surface area contributed by atoms with Crippen LogP contribution in [-0.2, 0) is 25.0 Å². The van der Waals surface area contributed by atoms with Gasteiger partial charge in [0.25, 0.3) is 5.56 Å². The highest BCUT2D eigenvalue weighted by molar-refractivity contribution is 7.49. The monoisotopic (exact) mass is 449 g/mol. The number of hydrogen-bond donors (Lipinski definition) is 2. The molecule has 0 amide bonds. The van der Waals surface area contributed by atoms with Crippen LogP contribution in [0.3, 0.4) is 0 Å². The van der Waals surface area contributed by atoms with Crippen molar-refractivity contribution in [1.82, 2.24) is 9.55 Å². The highest BCUT2D eigenvalue weighted by atomic mass is 31.2. The maximum Gasteiger partial charge on any atom is 0.530 e. The molecule has 0 aliphatic carbocycles. The molecular weight excluding hydrogens is 429 g/mol. The highest BCUT2D eigenvalue weighted by Gasteiger charge is 2.50. The summed E-state index contributed by atoms with van der Waals surface area (Å²) in [5.41, 5.74) is -1.94. The van der Waals surface area contributed by atoms with Crippen molar-refractivity contribution in [3.05, 3.63) is 62.2 Å². The Morgan fingerprint density at radius 3 is 3.07 bits per heavy atom. The lowest BCUT2D eigenvalue weighted by Crippen LogP contribution is -2.37. The van der Waals surface area contributed by atoms with Gasteiger partial charge in [-0.2, -0.15) is 0 Å². The minimum Gasteiger partial charge on any atom is -0.404 e. The number of phosphoric acid groups is 1. The summed E-state index contributed by atoms with van der Waals surface area (Å²) < 4.78 is 85.8.